The Morgan fingerprint density at radius 1 is 1.21 bits per heavy atom. The minimum Gasteiger partial charge on any atom is -0.465 e. The molecule has 0 saturated carbocycles. The van der Waals surface area contributed by atoms with E-state index in [-0.39, 0.29) is 0 Å². The summed E-state index contributed by atoms with van der Waals surface area (Å²) in [6.07, 6.45) is 2.71. The fraction of sp³-hybridized carbons (Fsp3) is 0.200. The first-order chi connectivity index (χ1) is 13.3. The SMILES string of the molecule is COC(=O)c1c(NC(=O)COC(=O)/C=C/c2ccc(C#N)cc2)sc(C)c1C. The van der Waals surface area contributed by atoms with Crippen molar-refractivity contribution in [2.45, 2.75) is 13.8 Å². The van der Waals surface area contributed by atoms with Crippen LogP contribution in [-0.4, -0.2) is 31.6 Å². The Hall–Kier alpha value is -3.44. The summed E-state index contributed by atoms with van der Waals surface area (Å²) >= 11 is 1.25. The molecule has 2 rings (SSSR count). The van der Waals surface area contributed by atoms with E-state index >= 15 is 0 Å². The van der Waals surface area contributed by atoms with Crippen LogP contribution in [0, 0.1) is 25.2 Å². The number of nitrogens with one attached hydrogen (secondary N) is 1. The average molecular weight is 398 g/mol. The number of carbonyl (C=O) groups is 3. The van der Waals surface area contributed by atoms with Gasteiger partial charge in [-0.25, -0.2) is 9.59 Å². The maximum absolute atomic E-state index is 12.1. The van der Waals surface area contributed by atoms with Gasteiger partial charge in [0.2, 0.25) is 0 Å². The molecule has 0 aliphatic heterocycles. The summed E-state index contributed by atoms with van der Waals surface area (Å²) in [6, 6.07) is 8.63. The van der Waals surface area contributed by atoms with Gasteiger partial charge in [0.1, 0.15) is 5.00 Å². The third kappa shape index (κ3) is 5.28. The molecule has 7 nitrogen and oxygen atoms in total. The molecule has 1 N–H and O–H groups in total. The summed E-state index contributed by atoms with van der Waals surface area (Å²) in [6.45, 7) is 3.10. The monoisotopic (exact) mass is 398 g/mol. The van der Waals surface area contributed by atoms with Gasteiger partial charge in [-0.2, -0.15) is 5.26 Å². The van der Waals surface area contributed by atoms with Gasteiger partial charge in [-0.3, -0.25) is 4.79 Å². The fourth-order valence-corrected chi connectivity index (χ4v) is 3.31. The molecule has 0 fully saturated rings. The first-order valence-electron chi connectivity index (χ1n) is 8.19. The number of carbonyl (C=O) groups excluding carboxylic acids is 3. The van der Waals surface area contributed by atoms with Crippen LogP contribution in [0.15, 0.2) is 30.3 Å². The molecular formula is C20H18N2O5S. The third-order valence-corrected chi connectivity index (χ3v) is 4.95. The maximum Gasteiger partial charge on any atom is 0.341 e. The van der Waals surface area contributed by atoms with Crippen molar-refractivity contribution < 1.29 is 23.9 Å². The number of aryl methyl sites for hydroxylation is 1. The van der Waals surface area contributed by atoms with E-state index in [0.717, 1.165) is 10.4 Å². The Bertz CT molecular complexity index is 968. The molecule has 0 saturated heterocycles. The van der Waals surface area contributed by atoms with Gasteiger partial charge in [-0.1, -0.05) is 12.1 Å². The van der Waals surface area contributed by atoms with Gasteiger partial charge in [0.15, 0.2) is 6.61 Å². The van der Waals surface area contributed by atoms with Gasteiger partial charge in [-0.05, 0) is 43.2 Å². The van der Waals surface area contributed by atoms with Gasteiger partial charge in [0.25, 0.3) is 5.91 Å². The lowest BCUT2D eigenvalue weighted by Gasteiger charge is -2.06. The smallest absolute Gasteiger partial charge is 0.341 e. The van der Waals surface area contributed by atoms with Gasteiger partial charge < -0.3 is 14.8 Å². The molecule has 0 spiro atoms. The molecule has 0 aliphatic rings. The minimum absolute atomic E-state index is 0.297. The van der Waals surface area contributed by atoms with E-state index in [2.05, 4.69) is 5.32 Å². The molecule has 1 aromatic carbocycles. The van der Waals surface area contributed by atoms with E-state index in [9.17, 15) is 14.4 Å². The number of nitriles is 1. The largest absolute Gasteiger partial charge is 0.465 e. The van der Waals surface area contributed by atoms with Crippen LogP contribution in [0.25, 0.3) is 6.08 Å². The Kier molecular flexibility index (Phi) is 7.07. The first kappa shape index (κ1) is 20.9. The molecule has 0 aliphatic carbocycles. The highest BCUT2D eigenvalue weighted by atomic mass is 32.1. The molecule has 8 heteroatoms. The van der Waals surface area contributed by atoms with Crippen LogP contribution in [0.2, 0.25) is 0 Å². The van der Waals surface area contributed by atoms with Gasteiger partial charge in [-0.15, -0.1) is 11.3 Å². The number of esters is 2. The highest BCUT2D eigenvalue weighted by Gasteiger charge is 2.21. The number of methoxy groups -OCH3 is 1. The molecule has 1 heterocycles. The predicted octanol–water partition coefficient (Wildman–Crippen LogP) is 3.22. The van der Waals surface area contributed by atoms with Crippen molar-refractivity contribution in [1.29, 1.82) is 5.26 Å². The number of hydrogen-bond acceptors (Lipinski definition) is 7. The molecule has 0 atom stereocenters. The predicted molar refractivity (Wildman–Crippen MR) is 105 cm³/mol. The van der Waals surface area contributed by atoms with Crippen molar-refractivity contribution in [3.05, 3.63) is 57.5 Å². The number of hydrogen-bond donors (Lipinski definition) is 1. The zero-order chi connectivity index (χ0) is 20.7. The average Bonchev–Trinajstić information content (AvgIpc) is 2.97. The van der Waals surface area contributed by atoms with Crippen LogP contribution in [0.1, 0.15) is 31.9 Å². The quantitative estimate of drug-likeness (QED) is 0.592. The number of ether oxygens (including phenoxy) is 2. The van der Waals surface area contributed by atoms with Crippen molar-refractivity contribution in [2.24, 2.45) is 0 Å². The molecule has 2 aromatic rings. The molecule has 0 unspecified atom stereocenters. The molecule has 1 aromatic heterocycles. The van der Waals surface area contributed by atoms with E-state index in [0.29, 0.717) is 21.7 Å². The van der Waals surface area contributed by atoms with Crippen LogP contribution in [0.4, 0.5) is 5.00 Å². The zero-order valence-electron chi connectivity index (χ0n) is 15.6. The van der Waals surface area contributed by atoms with Gasteiger partial charge >= 0.3 is 11.9 Å². The number of rotatable bonds is 6. The number of anilines is 1. The van der Waals surface area contributed by atoms with Crippen molar-refractivity contribution in [2.75, 3.05) is 19.0 Å². The summed E-state index contributed by atoms with van der Waals surface area (Å²) in [5.41, 5.74) is 2.26. The maximum atomic E-state index is 12.1. The van der Waals surface area contributed by atoms with E-state index in [1.54, 1.807) is 31.2 Å². The lowest BCUT2D eigenvalue weighted by molar-refractivity contribution is -0.142. The standard InChI is InChI=1S/C20H18N2O5S/c1-12-13(2)28-19(18(12)20(25)26-3)22-16(23)11-27-17(24)9-8-14-4-6-15(10-21)7-5-14/h4-9H,11H2,1-3H3,(H,22,23)/b9-8+. The third-order valence-electron chi connectivity index (χ3n) is 3.82. The second-order valence-electron chi connectivity index (χ2n) is 5.70. The Labute approximate surface area is 166 Å². The summed E-state index contributed by atoms with van der Waals surface area (Å²) in [5, 5.41) is 11.7. The molecule has 0 bridgehead atoms. The molecule has 0 radical (unpaired) electrons. The lowest BCUT2D eigenvalue weighted by Crippen LogP contribution is -2.21. The van der Waals surface area contributed by atoms with Crippen LogP contribution >= 0.6 is 11.3 Å². The Morgan fingerprint density at radius 2 is 1.89 bits per heavy atom. The van der Waals surface area contributed by atoms with Crippen molar-refractivity contribution in [3.63, 3.8) is 0 Å². The van der Waals surface area contributed by atoms with E-state index in [1.807, 2.05) is 13.0 Å². The lowest BCUT2D eigenvalue weighted by atomic mass is 10.1. The summed E-state index contributed by atoms with van der Waals surface area (Å²) < 4.78 is 9.65. The second-order valence-corrected chi connectivity index (χ2v) is 6.93. The summed E-state index contributed by atoms with van der Waals surface area (Å²) in [5.74, 6) is -1.79. The highest BCUT2D eigenvalue weighted by Crippen LogP contribution is 2.32. The van der Waals surface area contributed by atoms with Crippen molar-refractivity contribution >= 4 is 40.3 Å². The topological polar surface area (TPSA) is 105 Å². The number of amides is 1. The molecule has 28 heavy (non-hydrogen) atoms. The minimum atomic E-state index is -0.689. The van der Waals surface area contributed by atoms with Gasteiger partial charge in [0, 0.05) is 11.0 Å². The van der Waals surface area contributed by atoms with Gasteiger partial charge in [0.05, 0.1) is 24.3 Å². The molecule has 144 valence electrons. The van der Waals surface area contributed by atoms with E-state index in [4.69, 9.17) is 14.7 Å². The first-order valence-corrected chi connectivity index (χ1v) is 9.00. The van der Waals surface area contributed by atoms with E-state index in [1.165, 1.54) is 30.6 Å². The normalized spacial score (nSPS) is 10.4. The fourth-order valence-electron chi connectivity index (χ4n) is 2.24. The number of nitrogens with zero attached hydrogens (tertiary/aromatic N) is 1. The second kappa shape index (κ2) is 9.48. The van der Waals surface area contributed by atoms with E-state index < -0.39 is 24.5 Å². The van der Waals surface area contributed by atoms with Crippen molar-refractivity contribution in [1.82, 2.24) is 0 Å². The summed E-state index contributed by atoms with van der Waals surface area (Å²) in [7, 11) is 1.27. The Balaban J connectivity index is 1.92. The molecule has 1 amide bonds. The Morgan fingerprint density at radius 3 is 2.50 bits per heavy atom. The van der Waals surface area contributed by atoms with Crippen molar-refractivity contribution in [3.8, 4) is 6.07 Å². The summed E-state index contributed by atoms with van der Waals surface area (Å²) in [4.78, 5) is 36.6. The van der Waals surface area contributed by atoms with Crippen LogP contribution in [0.5, 0.6) is 0 Å². The number of thiophene rings is 1. The van der Waals surface area contributed by atoms with Crippen LogP contribution in [0.3, 0.4) is 0 Å². The number of benzene rings is 1. The zero-order valence-corrected chi connectivity index (χ0v) is 16.4. The van der Waals surface area contributed by atoms with Crippen LogP contribution in [-0.2, 0) is 19.1 Å². The van der Waals surface area contributed by atoms with Crippen LogP contribution < -0.4 is 5.32 Å². The highest BCUT2D eigenvalue weighted by molar-refractivity contribution is 7.16. The molecular weight excluding hydrogens is 380 g/mol.